The van der Waals surface area contributed by atoms with Crippen LogP contribution in [0.15, 0.2) is 23.1 Å². The molecule has 3 amide bonds. The van der Waals surface area contributed by atoms with Crippen LogP contribution < -0.4 is 21.1 Å². The summed E-state index contributed by atoms with van der Waals surface area (Å²) in [7, 11) is -3.92. The quantitative estimate of drug-likeness (QED) is 0.526. The van der Waals surface area contributed by atoms with Gasteiger partial charge in [-0.2, -0.15) is 0 Å². The third-order valence-electron chi connectivity index (χ3n) is 2.78. The standard InChI is InChI=1S/C15H21ClN4O6S/c1-15(2,3)26-14(23)19-7-12(21)18-8-13(22)20-11-5-4-9(6-10(11)16)27(17,24)25/h4-6H,7-8H2,1-3H3,(H,18,21)(H,19,23)(H,20,22)(H2,17,24,25). The molecule has 150 valence electrons. The van der Waals surface area contributed by atoms with Crippen LogP contribution in [0.25, 0.3) is 0 Å². The Morgan fingerprint density at radius 1 is 1.11 bits per heavy atom. The maximum Gasteiger partial charge on any atom is 0.408 e. The lowest BCUT2D eigenvalue weighted by atomic mass is 10.2. The summed E-state index contributed by atoms with van der Waals surface area (Å²) in [5, 5.41) is 11.9. The Morgan fingerprint density at radius 2 is 1.70 bits per heavy atom. The number of alkyl carbamates (subject to hydrolysis) is 1. The van der Waals surface area contributed by atoms with E-state index in [0.717, 1.165) is 6.07 Å². The molecule has 5 N–H and O–H groups in total. The number of carbonyl (C=O) groups excluding carboxylic acids is 3. The van der Waals surface area contributed by atoms with Crippen LogP contribution in [0.3, 0.4) is 0 Å². The van der Waals surface area contributed by atoms with Crippen LogP contribution in [0.1, 0.15) is 20.8 Å². The monoisotopic (exact) mass is 420 g/mol. The van der Waals surface area contributed by atoms with Crippen molar-refractivity contribution in [2.75, 3.05) is 18.4 Å². The van der Waals surface area contributed by atoms with Gasteiger partial charge in [-0.3, -0.25) is 9.59 Å². The van der Waals surface area contributed by atoms with E-state index in [4.69, 9.17) is 21.5 Å². The number of ether oxygens (including phenoxy) is 1. The molecular formula is C15H21ClN4O6S. The second kappa shape index (κ2) is 9.02. The molecule has 0 spiro atoms. The van der Waals surface area contributed by atoms with Crippen LogP contribution in [0.5, 0.6) is 0 Å². The van der Waals surface area contributed by atoms with E-state index in [1.807, 2.05) is 0 Å². The highest BCUT2D eigenvalue weighted by Crippen LogP contribution is 2.24. The van der Waals surface area contributed by atoms with Gasteiger partial charge in [0.2, 0.25) is 21.8 Å². The molecule has 10 nitrogen and oxygen atoms in total. The van der Waals surface area contributed by atoms with Crippen molar-refractivity contribution in [1.29, 1.82) is 0 Å². The van der Waals surface area contributed by atoms with Gasteiger partial charge in [0, 0.05) is 0 Å². The zero-order chi connectivity index (χ0) is 20.8. The van der Waals surface area contributed by atoms with Gasteiger partial charge in [-0.15, -0.1) is 0 Å². The van der Waals surface area contributed by atoms with Gasteiger partial charge in [0.15, 0.2) is 0 Å². The minimum absolute atomic E-state index is 0.0345. The number of sulfonamides is 1. The zero-order valence-electron chi connectivity index (χ0n) is 15.0. The molecule has 0 heterocycles. The molecule has 0 saturated heterocycles. The lowest BCUT2D eigenvalue weighted by molar-refractivity contribution is -0.123. The number of anilines is 1. The van der Waals surface area contributed by atoms with Gasteiger partial charge in [-0.1, -0.05) is 11.6 Å². The number of carbonyl (C=O) groups is 3. The molecule has 0 fully saturated rings. The fourth-order valence-electron chi connectivity index (χ4n) is 1.68. The van der Waals surface area contributed by atoms with Gasteiger partial charge in [-0.25, -0.2) is 18.4 Å². The average molecular weight is 421 g/mol. The van der Waals surface area contributed by atoms with Gasteiger partial charge in [0.1, 0.15) is 12.1 Å². The highest BCUT2D eigenvalue weighted by molar-refractivity contribution is 7.89. The number of benzene rings is 1. The largest absolute Gasteiger partial charge is 0.444 e. The Bertz CT molecular complexity index is 835. The molecule has 1 aromatic rings. The minimum atomic E-state index is -3.92. The van der Waals surface area contributed by atoms with Crippen molar-refractivity contribution in [3.8, 4) is 0 Å². The molecule has 0 unspecified atom stereocenters. The van der Waals surface area contributed by atoms with E-state index in [2.05, 4.69) is 16.0 Å². The first-order chi connectivity index (χ1) is 12.3. The fourth-order valence-corrected chi connectivity index (χ4v) is 2.51. The summed E-state index contributed by atoms with van der Waals surface area (Å²) in [5.41, 5.74) is -0.548. The first kappa shape index (κ1) is 22.7. The van der Waals surface area contributed by atoms with Crippen LogP contribution in [-0.4, -0.2) is 45.0 Å². The van der Waals surface area contributed by atoms with Crippen molar-refractivity contribution in [2.45, 2.75) is 31.3 Å². The molecule has 27 heavy (non-hydrogen) atoms. The van der Waals surface area contributed by atoms with Crippen molar-refractivity contribution >= 4 is 45.2 Å². The SMILES string of the molecule is CC(C)(C)OC(=O)NCC(=O)NCC(=O)Nc1ccc(S(N)(=O)=O)cc1Cl. The second-order valence-corrected chi connectivity index (χ2v) is 8.34. The zero-order valence-corrected chi connectivity index (χ0v) is 16.5. The summed E-state index contributed by atoms with van der Waals surface area (Å²) in [6.07, 6.45) is -0.760. The predicted octanol–water partition coefficient (Wildman–Crippen LogP) is 0.567. The first-order valence-electron chi connectivity index (χ1n) is 7.64. The van der Waals surface area contributed by atoms with Gasteiger partial charge in [-0.05, 0) is 39.0 Å². The predicted molar refractivity (Wildman–Crippen MR) is 98.7 cm³/mol. The maximum atomic E-state index is 11.8. The number of nitrogens with one attached hydrogen (secondary N) is 3. The average Bonchev–Trinajstić information content (AvgIpc) is 2.50. The van der Waals surface area contributed by atoms with Crippen molar-refractivity contribution in [3.05, 3.63) is 23.2 Å². The number of hydrogen-bond donors (Lipinski definition) is 4. The van der Waals surface area contributed by atoms with Gasteiger partial charge < -0.3 is 20.7 Å². The number of amides is 3. The molecule has 1 rings (SSSR count). The number of halogens is 1. The lowest BCUT2D eigenvalue weighted by Gasteiger charge is -2.19. The Morgan fingerprint density at radius 3 is 2.22 bits per heavy atom. The molecule has 0 radical (unpaired) electrons. The van der Waals surface area contributed by atoms with Crippen LogP contribution in [-0.2, 0) is 24.3 Å². The van der Waals surface area contributed by atoms with Gasteiger partial charge in [0.05, 0.1) is 22.2 Å². The third-order valence-corrected chi connectivity index (χ3v) is 4.01. The first-order valence-corrected chi connectivity index (χ1v) is 9.56. The third kappa shape index (κ3) is 8.71. The molecule has 0 aromatic heterocycles. The molecule has 0 bridgehead atoms. The number of rotatable bonds is 6. The smallest absolute Gasteiger partial charge is 0.408 e. The summed E-state index contributed by atoms with van der Waals surface area (Å²) in [5.74, 6) is -1.21. The molecule has 0 aliphatic carbocycles. The summed E-state index contributed by atoms with van der Waals surface area (Å²) >= 11 is 5.90. The van der Waals surface area contributed by atoms with Gasteiger partial charge >= 0.3 is 6.09 Å². The fraction of sp³-hybridized carbons (Fsp3) is 0.400. The Kier molecular flexibility index (Phi) is 7.57. The molecule has 0 atom stereocenters. The normalized spacial score (nSPS) is 11.4. The summed E-state index contributed by atoms with van der Waals surface area (Å²) in [6.45, 7) is 4.28. The van der Waals surface area contributed by atoms with Crippen molar-refractivity contribution < 1.29 is 27.5 Å². The summed E-state index contributed by atoms with van der Waals surface area (Å²) in [4.78, 5) is 34.7. The van der Waals surface area contributed by atoms with Crippen molar-refractivity contribution in [3.63, 3.8) is 0 Å². The minimum Gasteiger partial charge on any atom is -0.444 e. The number of hydrogen-bond acceptors (Lipinski definition) is 6. The molecule has 0 saturated carbocycles. The van der Waals surface area contributed by atoms with Crippen LogP contribution in [0.4, 0.5) is 10.5 Å². The maximum absolute atomic E-state index is 11.8. The van der Waals surface area contributed by atoms with Crippen LogP contribution >= 0.6 is 11.6 Å². The van der Waals surface area contributed by atoms with E-state index in [1.54, 1.807) is 20.8 Å². The van der Waals surface area contributed by atoms with Gasteiger partial charge in [0.25, 0.3) is 0 Å². The highest BCUT2D eigenvalue weighted by Gasteiger charge is 2.17. The molecular weight excluding hydrogens is 400 g/mol. The molecule has 0 aliphatic heterocycles. The van der Waals surface area contributed by atoms with E-state index in [0.29, 0.717) is 0 Å². The Balaban J connectivity index is 2.47. The number of primary sulfonamides is 1. The highest BCUT2D eigenvalue weighted by atomic mass is 35.5. The van der Waals surface area contributed by atoms with E-state index in [1.165, 1.54) is 12.1 Å². The van der Waals surface area contributed by atoms with Crippen LogP contribution in [0.2, 0.25) is 5.02 Å². The summed E-state index contributed by atoms with van der Waals surface area (Å²) in [6, 6.07) is 3.54. The van der Waals surface area contributed by atoms with Crippen molar-refractivity contribution in [1.82, 2.24) is 10.6 Å². The molecule has 12 heteroatoms. The van der Waals surface area contributed by atoms with E-state index in [-0.39, 0.29) is 28.7 Å². The van der Waals surface area contributed by atoms with E-state index < -0.39 is 33.5 Å². The lowest BCUT2D eigenvalue weighted by Crippen LogP contribution is -2.41. The van der Waals surface area contributed by atoms with Crippen LogP contribution in [0, 0.1) is 0 Å². The Labute approximate surface area is 161 Å². The van der Waals surface area contributed by atoms with E-state index >= 15 is 0 Å². The molecule has 1 aromatic carbocycles. The van der Waals surface area contributed by atoms with E-state index in [9.17, 15) is 22.8 Å². The number of nitrogens with two attached hydrogens (primary N) is 1. The van der Waals surface area contributed by atoms with Crippen molar-refractivity contribution in [2.24, 2.45) is 5.14 Å². The summed E-state index contributed by atoms with van der Waals surface area (Å²) < 4.78 is 27.4. The second-order valence-electron chi connectivity index (χ2n) is 6.37. The topological polar surface area (TPSA) is 157 Å². The Hall–Kier alpha value is -2.37. The molecule has 0 aliphatic rings.